The van der Waals surface area contributed by atoms with E-state index < -0.39 is 40.2 Å². The third-order valence-electron chi connectivity index (χ3n) is 9.64. The van der Waals surface area contributed by atoms with E-state index in [9.17, 15) is 27.9 Å². The highest BCUT2D eigenvalue weighted by molar-refractivity contribution is 6.01. The van der Waals surface area contributed by atoms with Gasteiger partial charge in [0.2, 0.25) is 11.8 Å². The Hall–Kier alpha value is -3.37. The molecule has 2 saturated heterocycles. The molecule has 42 heavy (non-hydrogen) atoms. The van der Waals surface area contributed by atoms with Crippen LogP contribution in [0.4, 0.5) is 17.6 Å². The summed E-state index contributed by atoms with van der Waals surface area (Å²) in [5, 5.41) is 14.5. The molecule has 10 heteroatoms. The highest BCUT2D eigenvalue weighted by Gasteiger charge is 2.64. The van der Waals surface area contributed by atoms with Gasteiger partial charge < -0.3 is 5.11 Å². The van der Waals surface area contributed by atoms with E-state index in [4.69, 9.17) is 0 Å². The molecular formula is C32H33F4N3O3. The predicted molar refractivity (Wildman–Crippen MR) is 148 cm³/mol. The number of hydrogen-bond acceptors (Lipinski definition) is 5. The lowest BCUT2D eigenvalue weighted by molar-refractivity contribution is -0.160. The number of pyridine rings is 1. The third-order valence-corrected chi connectivity index (χ3v) is 9.64. The molecule has 1 saturated carbocycles. The smallest absolute Gasteiger partial charge is 0.384 e. The molecule has 2 amide bonds. The van der Waals surface area contributed by atoms with E-state index in [-0.39, 0.29) is 42.5 Å². The van der Waals surface area contributed by atoms with Crippen LogP contribution in [-0.2, 0) is 27.1 Å². The molecule has 1 aliphatic carbocycles. The Kier molecular flexibility index (Phi) is 6.73. The number of alkyl halides is 3. The van der Waals surface area contributed by atoms with E-state index in [2.05, 4.69) is 15.2 Å². The number of fused-ring (bicyclic) bond motifs is 1. The van der Waals surface area contributed by atoms with Crippen molar-refractivity contribution in [2.24, 2.45) is 5.41 Å². The molecule has 3 aromatic rings. The number of imide groups is 1. The van der Waals surface area contributed by atoms with Gasteiger partial charge in [0.05, 0.1) is 22.5 Å². The Morgan fingerprint density at radius 2 is 1.79 bits per heavy atom. The third kappa shape index (κ3) is 4.68. The van der Waals surface area contributed by atoms with Gasteiger partial charge in [0, 0.05) is 48.6 Å². The van der Waals surface area contributed by atoms with Gasteiger partial charge in [-0.25, -0.2) is 4.39 Å². The minimum Gasteiger partial charge on any atom is -0.384 e. The Bertz CT molecular complexity index is 1570. The molecule has 0 radical (unpaired) electrons. The fourth-order valence-electron chi connectivity index (χ4n) is 6.81. The summed E-state index contributed by atoms with van der Waals surface area (Å²) < 4.78 is 56.7. The van der Waals surface area contributed by atoms with Crippen LogP contribution in [0.25, 0.3) is 10.9 Å². The summed E-state index contributed by atoms with van der Waals surface area (Å²) >= 11 is 0. The number of hydrogen-bond donors (Lipinski definition) is 2. The number of benzene rings is 2. The van der Waals surface area contributed by atoms with Crippen LogP contribution in [0, 0.1) is 11.2 Å². The summed E-state index contributed by atoms with van der Waals surface area (Å²) in [5.41, 5.74) is -1.74. The highest BCUT2D eigenvalue weighted by Crippen LogP contribution is 2.59. The minimum atomic E-state index is -4.25. The van der Waals surface area contributed by atoms with Gasteiger partial charge >= 0.3 is 6.18 Å². The average molecular weight is 584 g/mol. The van der Waals surface area contributed by atoms with Gasteiger partial charge in [-0.3, -0.25) is 24.8 Å². The average Bonchev–Trinajstić information content (AvgIpc) is 3.74. The molecule has 3 aliphatic rings. The predicted octanol–water partition coefficient (Wildman–Crippen LogP) is 5.61. The first kappa shape index (κ1) is 28.7. The molecule has 2 aliphatic heterocycles. The molecule has 222 valence electrons. The first-order valence-electron chi connectivity index (χ1n) is 14.3. The number of carbonyl (C=O) groups is 2. The van der Waals surface area contributed by atoms with Gasteiger partial charge in [-0.2, -0.15) is 13.2 Å². The number of carbonyl (C=O) groups excluding carboxylic acids is 2. The van der Waals surface area contributed by atoms with Crippen LogP contribution in [0.1, 0.15) is 74.1 Å². The molecule has 0 unspecified atom stereocenters. The second-order valence-corrected chi connectivity index (χ2v) is 12.7. The second-order valence-electron chi connectivity index (χ2n) is 12.7. The molecule has 2 aromatic carbocycles. The van der Waals surface area contributed by atoms with Gasteiger partial charge in [-0.15, -0.1) is 0 Å². The van der Waals surface area contributed by atoms with Gasteiger partial charge in [-0.05, 0) is 54.5 Å². The fourth-order valence-corrected chi connectivity index (χ4v) is 6.81. The zero-order valence-electron chi connectivity index (χ0n) is 23.5. The van der Waals surface area contributed by atoms with Crippen molar-refractivity contribution in [1.82, 2.24) is 15.2 Å². The molecule has 6 nitrogen and oxygen atoms in total. The summed E-state index contributed by atoms with van der Waals surface area (Å²) in [7, 11) is 0. The SMILES string of the molecule is CC1(C)CN(Cc2ccc(C3(C(F)(F)F)CC3)cc2)CC[C@]1(O)c1ccc2ncc([C@@H]3CCC(=O)NC3=O)cc2c1F. The molecule has 2 N–H and O–H groups in total. The second kappa shape index (κ2) is 9.84. The number of likely N-dealkylation sites (tertiary alicyclic amines) is 1. The molecule has 3 heterocycles. The number of piperidine rings is 2. The summed E-state index contributed by atoms with van der Waals surface area (Å²) in [6, 6.07) is 11.4. The lowest BCUT2D eigenvalue weighted by Crippen LogP contribution is -2.55. The molecule has 3 fully saturated rings. The van der Waals surface area contributed by atoms with Gasteiger partial charge in [-0.1, -0.05) is 44.2 Å². The molecule has 2 atom stereocenters. The number of rotatable bonds is 5. The lowest BCUT2D eigenvalue weighted by atomic mass is 9.66. The number of aromatic nitrogens is 1. The summed E-state index contributed by atoms with van der Waals surface area (Å²) in [5.74, 6) is -1.97. The van der Waals surface area contributed by atoms with Gasteiger partial charge in [0.15, 0.2) is 0 Å². The fraction of sp³-hybridized carbons (Fsp3) is 0.469. The first-order valence-corrected chi connectivity index (χ1v) is 14.3. The number of nitrogens with zero attached hydrogens (tertiary/aromatic N) is 2. The quantitative estimate of drug-likeness (QED) is 0.302. The molecule has 0 bridgehead atoms. The van der Waals surface area contributed by atoms with Crippen molar-refractivity contribution in [3.8, 4) is 0 Å². The van der Waals surface area contributed by atoms with Crippen LogP contribution in [0.15, 0.2) is 48.7 Å². The van der Waals surface area contributed by atoms with Crippen LogP contribution in [0.5, 0.6) is 0 Å². The van der Waals surface area contributed by atoms with Gasteiger partial charge in [0.1, 0.15) is 5.82 Å². The highest BCUT2D eigenvalue weighted by atomic mass is 19.4. The summed E-state index contributed by atoms with van der Waals surface area (Å²) in [4.78, 5) is 30.4. The first-order chi connectivity index (χ1) is 19.7. The zero-order chi connectivity index (χ0) is 30.1. The Labute approximate surface area is 241 Å². The van der Waals surface area contributed by atoms with E-state index in [1.807, 2.05) is 13.8 Å². The lowest BCUT2D eigenvalue weighted by Gasteiger charge is -2.50. The standard InChI is InChI=1S/C32H33F4N3O3/c1-29(2)18-39(17-19-3-5-21(6-4-19)30(11-12-30)32(34,35)36)14-13-31(29,42)24-8-9-25-23(27(24)33)15-20(16-37-25)22-7-10-26(40)38-28(22)41/h3-6,8-9,15-16,22,42H,7,10-14,17-18H2,1-2H3,(H,38,40,41)/t22-,31-/m0/s1. The maximum absolute atomic E-state index is 16.2. The monoisotopic (exact) mass is 583 g/mol. The summed E-state index contributed by atoms with van der Waals surface area (Å²) in [6.07, 6.45) is -1.73. The molecular weight excluding hydrogens is 550 g/mol. The van der Waals surface area contributed by atoms with Crippen LogP contribution < -0.4 is 5.32 Å². The van der Waals surface area contributed by atoms with Crippen molar-refractivity contribution >= 4 is 22.7 Å². The van der Waals surface area contributed by atoms with Crippen LogP contribution in [-0.4, -0.2) is 46.1 Å². The van der Waals surface area contributed by atoms with Crippen LogP contribution in [0.2, 0.25) is 0 Å². The van der Waals surface area contributed by atoms with E-state index in [0.29, 0.717) is 42.7 Å². The van der Waals surface area contributed by atoms with Crippen molar-refractivity contribution in [3.63, 3.8) is 0 Å². The van der Waals surface area contributed by atoms with E-state index in [1.165, 1.54) is 6.20 Å². The van der Waals surface area contributed by atoms with Crippen molar-refractivity contribution < 1.29 is 32.3 Å². The van der Waals surface area contributed by atoms with E-state index in [0.717, 1.165) is 5.56 Å². The van der Waals surface area contributed by atoms with Crippen molar-refractivity contribution in [2.75, 3.05) is 13.1 Å². The Morgan fingerprint density at radius 3 is 2.40 bits per heavy atom. The van der Waals surface area contributed by atoms with Crippen LogP contribution in [0.3, 0.4) is 0 Å². The number of halogens is 4. The topological polar surface area (TPSA) is 82.5 Å². The van der Waals surface area contributed by atoms with Crippen molar-refractivity contribution in [2.45, 2.75) is 75.6 Å². The largest absolute Gasteiger partial charge is 0.398 e. The zero-order valence-corrected chi connectivity index (χ0v) is 23.5. The number of aliphatic hydroxyl groups is 1. The van der Waals surface area contributed by atoms with Crippen molar-refractivity contribution in [3.05, 3.63) is 76.7 Å². The van der Waals surface area contributed by atoms with E-state index >= 15 is 4.39 Å². The Balaban J connectivity index is 1.22. The minimum absolute atomic E-state index is 0.119. The maximum atomic E-state index is 16.2. The molecule has 6 rings (SSSR count). The van der Waals surface area contributed by atoms with E-state index in [1.54, 1.807) is 42.5 Å². The molecule has 0 spiro atoms. The van der Waals surface area contributed by atoms with Gasteiger partial charge in [0.25, 0.3) is 0 Å². The number of nitrogens with one attached hydrogen (secondary N) is 1. The summed E-state index contributed by atoms with van der Waals surface area (Å²) in [6.45, 7) is 5.15. The Morgan fingerprint density at radius 1 is 1.07 bits per heavy atom. The number of amides is 2. The maximum Gasteiger partial charge on any atom is 0.398 e. The van der Waals surface area contributed by atoms with Crippen molar-refractivity contribution in [1.29, 1.82) is 0 Å². The van der Waals surface area contributed by atoms with Crippen LogP contribution >= 0.6 is 0 Å². The normalized spacial score (nSPS) is 25.8. The molecule has 1 aromatic heterocycles.